The predicted octanol–water partition coefficient (Wildman–Crippen LogP) is 2.01. The van der Waals surface area contributed by atoms with Crippen LogP contribution in [0.25, 0.3) is 0 Å². The van der Waals surface area contributed by atoms with Crippen molar-refractivity contribution in [2.75, 3.05) is 13.6 Å². The summed E-state index contributed by atoms with van der Waals surface area (Å²) < 4.78 is 66.5. The lowest BCUT2D eigenvalue weighted by atomic mass is 10.2. The Bertz CT molecular complexity index is 511. The van der Waals surface area contributed by atoms with Crippen molar-refractivity contribution in [3.05, 3.63) is 17.9 Å². The third kappa shape index (κ3) is 5.93. The van der Waals surface area contributed by atoms with Gasteiger partial charge in [-0.15, -0.1) is 0 Å². The van der Waals surface area contributed by atoms with Crippen molar-refractivity contribution in [2.45, 2.75) is 37.1 Å². The molecule has 0 aromatic carbocycles. The predicted molar refractivity (Wildman–Crippen MR) is 66.6 cm³/mol. The molecule has 0 radical (unpaired) electrons. The minimum absolute atomic E-state index is 0.0551. The largest absolute Gasteiger partial charge is 0.447 e. The fourth-order valence-corrected chi connectivity index (χ4v) is 2.52. The average molecular weight is 314 g/mol. The highest BCUT2D eigenvalue weighted by atomic mass is 32.2. The second-order valence-electron chi connectivity index (χ2n) is 4.22. The van der Waals surface area contributed by atoms with Crippen molar-refractivity contribution in [3.63, 3.8) is 0 Å². The molecular weight excluding hydrogens is 297 g/mol. The van der Waals surface area contributed by atoms with E-state index in [1.807, 2.05) is 0 Å². The van der Waals surface area contributed by atoms with Crippen molar-refractivity contribution in [1.82, 2.24) is 10.0 Å². The summed E-state index contributed by atoms with van der Waals surface area (Å²) >= 11 is 0. The SMILES string of the molecule is CNCc1ccc(S(=O)(=O)NCCCCC(F)(F)F)o1. The average Bonchev–Trinajstić information content (AvgIpc) is 2.77. The van der Waals surface area contributed by atoms with Gasteiger partial charge in [0.15, 0.2) is 0 Å². The number of alkyl halides is 3. The number of sulfonamides is 1. The van der Waals surface area contributed by atoms with E-state index >= 15 is 0 Å². The molecule has 5 nitrogen and oxygen atoms in total. The third-order valence-corrected chi connectivity index (χ3v) is 3.77. The maximum absolute atomic E-state index is 11.9. The van der Waals surface area contributed by atoms with Crippen LogP contribution < -0.4 is 10.0 Å². The second-order valence-corrected chi connectivity index (χ2v) is 5.92. The van der Waals surface area contributed by atoms with Crippen LogP contribution in [0.1, 0.15) is 25.0 Å². The van der Waals surface area contributed by atoms with Gasteiger partial charge in [-0.3, -0.25) is 0 Å². The highest BCUT2D eigenvalue weighted by Crippen LogP contribution is 2.22. The maximum atomic E-state index is 11.9. The Kier molecular flexibility index (Phi) is 6.03. The summed E-state index contributed by atoms with van der Waals surface area (Å²) in [5, 5.41) is 2.57. The quantitative estimate of drug-likeness (QED) is 0.720. The Labute approximate surface area is 115 Å². The van der Waals surface area contributed by atoms with Crippen LogP contribution in [0.4, 0.5) is 13.2 Å². The number of furan rings is 1. The minimum atomic E-state index is -4.21. The van der Waals surface area contributed by atoms with Crippen molar-refractivity contribution in [1.29, 1.82) is 0 Å². The highest BCUT2D eigenvalue weighted by Gasteiger charge is 2.26. The smallest absolute Gasteiger partial charge is 0.389 e. The molecule has 0 unspecified atom stereocenters. The number of unbranched alkanes of at least 4 members (excludes halogenated alkanes) is 1. The standard InChI is InChI=1S/C11H17F3N2O3S/c1-15-8-9-4-5-10(19-9)20(17,18)16-7-3-2-6-11(12,13)14/h4-5,15-16H,2-3,6-8H2,1H3. The van der Waals surface area contributed by atoms with E-state index < -0.39 is 22.6 Å². The fourth-order valence-electron chi connectivity index (χ4n) is 1.50. The van der Waals surface area contributed by atoms with Crippen molar-refractivity contribution >= 4 is 10.0 Å². The summed E-state index contributed by atoms with van der Waals surface area (Å²) in [6, 6.07) is 2.83. The van der Waals surface area contributed by atoms with Gasteiger partial charge in [0.05, 0.1) is 6.54 Å². The van der Waals surface area contributed by atoms with Crippen LogP contribution in [-0.4, -0.2) is 28.2 Å². The molecular formula is C11H17F3N2O3S. The first-order valence-corrected chi connectivity index (χ1v) is 7.52. The van der Waals surface area contributed by atoms with Crippen molar-refractivity contribution in [2.24, 2.45) is 0 Å². The summed E-state index contributed by atoms with van der Waals surface area (Å²) in [5.41, 5.74) is 0. The molecule has 0 aliphatic rings. The molecule has 0 atom stereocenters. The first kappa shape index (κ1) is 17.0. The lowest BCUT2D eigenvalue weighted by Gasteiger charge is -2.06. The minimum Gasteiger partial charge on any atom is -0.447 e. The summed E-state index contributed by atoms with van der Waals surface area (Å²) in [7, 11) is -2.11. The zero-order valence-electron chi connectivity index (χ0n) is 11.0. The van der Waals surface area contributed by atoms with Crippen LogP contribution in [0.2, 0.25) is 0 Å². The molecule has 2 N–H and O–H groups in total. The third-order valence-electron chi connectivity index (χ3n) is 2.43. The van der Waals surface area contributed by atoms with Gasteiger partial charge in [-0.25, -0.2) is 13.1 Å². The van der Waals surface area contributed by atoms with E-state index in [0.29, 0.717) is 12.3 Å². The summed E-state index contributed by atoms with van der Waals surface area (Å²) in [6.45, 7) is 0.335. The van der Waals surface area contributed by atoms with Crippen LogP contribution in [0.3, 0.4) is 0 Å². The number of hydrogen-bond acceptors (Lipinski definition) is 4. The van der Waals surface area contributed by atoms with Gasteiger partial charge >= 0.3 is 6.18 Å². The summed E-state index contributed by atoms with van der Waals surface area (Å²) in [5.74, 6) is 0.463. The second kappa shape index (κ2) is 7.09. The van der Waals surface area contributed by atoms with Crippen LogP contribution in [0.15, 0.2) is 21.6 Å². The molecule has 0 spiro atoms. The molecule has 1 aromatic heterocycles. The number of halogens is 3. The first-order chi connectivity index (χ1) is 9.24. The van der Waals surface area contributed by atoms with Crippen LogP contribution in [0.5, 0.6) is 0 Å². The molecule has 0 aliphatic carbocycles. The van der Waals surface area contributed by atoms with Crippen molar-refractivity contribution in [3.8, 4) is 0 Å². The first-order valence-electron chi connectivity index (χ1n) is 6.04. The van der Waals surface area contributed by atoms with Crippen LogP contribution in [-0.2, 0) is 16.6 Å². The van der Waals surface area contributed by atoms with E-state index in [2.05, 4.69) is 10.0 Å². The molecule has 0 amide bonds. The molecule has 1 rings (SSSR count). The molecule has 1 heterocycles. The van der Waals surface area contributed by atoms with E-state index in [1.165, 1.54) is 12.1 Å². The van der Waals surface area contributed by atoms with E-state index in [9.17, 15) is 21.6 Å². The molecule has 9 heteroatoms. The molecule has 0 bridgehead atoms. The highest BCUT2D eigenvalue weighted by molar-refractivity contribution is 7.89. The lowest BCUT2D eigenvalue weighted by molar-refractivity contribution is -0.135. The van der Waals surface area contributed by atoms with Gasteiger partial charge in [0.25, 0.3) is 10.0 Å². The zero-order valence-corrected chi connectivity index (χ0v) is 11.8. The summed E-state index contributed by atoms with van der Waals surface area (Å²) in [4.78, 5) is 0. The van der Waals surface area contributed by atoms with Gasteiger partial charge in [-0.1, -0.05) is 0 Å². The van der Waals surface area contributed by atoms with E-state index in [4.69, 9.17) is 4.42 Å². The number of rotatable bonds is 8. The Balaban J connectivity index is 2.41. The monoisotopic (exact) mass is 314 g/mol. The Morgan fingerprint density at radius 1 is 1.25 bits per heavy atom. The van der Waals surface area contributed by atoms with Crippen LogP contribution in [0, 0.1) is 0 Å². The topological polar surface area (TPSA) is 71.3 Å². The fraction of sp³-hybridized carbons (Fsp3) is 0.636. The molecule has 116 valence electrons. The van der Waals surface area contributed by atoms with Crippen LogP contribution >= 0.6 is 0 Å². The van der Waals surface area contributed by atoms with Gasteiger partial charge < -0.3 is 9.73 Å². The Morgan fingerprint density at radius 2 is 1.95 bits per heavy atom. The number of nitrogens with one attached hydrogen (secondary N) is 2. The number of hydrogen-bond donors (Lipinski definition) is 2. The van der Waals surface area contributed by atoms with Gasteiger partial charge in [0.2, 0.25) is 5.09 Å². The Hall–Kier alpha value is -1.06. The normalized spacial score (nSPS) is 12.8. The van der Waals surface area contributed by atoms with Gasteiger partial charge in [0, 0.05) is 13.0 Å². The Morgan fingerprint density at radius 3 is 2.55 bits per heavy atom. The molecule has 0 aliphatic heterocycles. The molecule has 0 saturated carbocycles. The van der Waals surface area contributed by atoms with Gasteiger partial charge in [-0.05, 0) is 32.0 Å². The van der Waals surface area contributed by atoms with E-state index in [-0.39, 0.29) is 24.5 Å². The lowest BCUT2D eigenvalue weighted by Crippen LogP contribution is -2.24. The van der Waals surface area contributed by atoms with E-state index in [1.54, 1.807) is 7.05 Å². The van der Waals surface area contributed by atoms with Gasteiger partial charge in [0.1, 0.15) is 5.76 Å². The maximum Gasteiger partial charge on any atom is 0.389 e. The van der Waals surface area contributed by atoms with Crippen molar-refractivity contribution < 1.29 is 26.0 Å². The molecule has 0 fully saturated rings. The zero-order chi connectivity index (χ0) is 15.2. The van der Waals surface area contributed by atoms with Gasteiger partial charge in [-0.2, -0.15) is 13.2 Å². The molecule has 1 aromatic rings. The molecule has 0 saturated heterocycles. The summed E-state index contributed by atoms with van der Waals surface area (Å²) in [6.07, 6.45) is -5.12. The molecule has 20 heavy (non-hydrogen) atoms. The van der Waals surface area contributed by atoms with E-state index in [0.717, 1.165) is 0 Å².